The molecule has 5 aliphatic rings. The molecule has 0 aromatic heterocycles. The molecule has 2 bridgehead atoms. The molecule has 1 saturated heterocycles. The smallest absolute Gasteiger partial charge is 0.303 e. The number of hydrogen-bond acceptors (Lipinski definition) is 9. The van der Waals surface area contributed by atoms with Crippen LogP contribution in [-0.4, -0.2) is 59.5 Å². The highest BCUT2D eigenvalue weighted by Crippen LogP contribution is 2.75. The van der Waals surface area contributed by atoms with Crippen molar-refractivity contribution in [2.45, 2.75) is 117 Å². The number of carbonyl (C=O) groups excluding carboxylic acids is 4. The first-order valence-electron chi connectivity index (χ1n) is 13.6. The van der Waals surface area contributed by atoms with Gasteiger partial charge in [0.05, 0.1) is 11.5 Å². The lowest BCUT2D eigenvalue weighted by Crippen LogP contribution is -2.78. The van der Waals surface area contributed by atoms with Gasteiger partial charge in [0.2, 0.25) is 0 Å². The molecule has 1 heterocycles. The zero-order valence-corrected chi connectivity index (χ0v) is 23.7. The van der Waals surface area contributed by atoms with Crippen molar-refractivity contribution in [2.24, 2.45) is 28.1 Å². The van der Waals surface area contributed by atoms with Crippen molar-refractivity contribution in [3.8, 4) is 0 Å². The van der Waals surface area contributed by atoms with Crippen LogP contribution in [0.2, 0.25) is 0 Å². The van der Waals surface area contributed by atoms with E-state index in [1.165, 1.54) is 20.8 Å². The monoisotopic (exact) mass is 532 g/mol. The first-order valence-corrected chi connectivity index (χ1v) is 13.6. The Bertz CT molecular complexity index is 1120. The highest BCUT2D eigenvalue weighted by molar-refractivity contribution is 6.07. The first kappa shape index (κ1) is 27.3. The van der Waals surface area contributed by atoms with E-state index in [1.807, 2.05) is 0 Å². The Hall–Kier alpha value is -2.26. The molecule has 1 spiro atoms. The Morgan fingerprint density at radius 2 is 1.58 bits per heavy atom. The van der Waals surface area contributed by atoms with Gasteiger partial charge in [-0.25, -0.2) is 0 Å². The topological polar surface area (TPSA) is 114 Å². The average Bonchev–Trinajstić information content (AvgIpc) is 2.86. The van der Waals surface area contributed by atoms with Crippen LogP contribution in [0.1, 0.15) is 81.1 Å². The van der Waals surface area contributed by atoms with Gasteiger partial charge in [0.1, 0.15) is 18.3 Å². The molecular formula is C29H40O9. The molecule has 5 rings (SSSR count). The van der Waals surface area contributed by atoms with E-state index in [0.717, 1.165) is 6.42 Å². The van der Waals surface area contributed by atoms with Crippen LogP contribution in [0.4, 0.5) is 0 Å². The predicted molar refractivity (Wildman–Crippen MR) is 133 cm³/mol. The molecule has 0 N–H and O–H groups in total. The molecule has 9 nitrogen and oxygen atoms in total. The van der Waals surface area contributed by atoms with Crippen LogP contribution < -0.4 is 0 Å². The van der Waals surface area contributed by atoms with E-state index < -0.39 is 70.5 Å². The maximum absolute atomic E-state index is 14.6. The number of esters is 3. The van der Waals surface area contributed by atoms with Crippen LogP contribution >= 0.6 is 0 Å². The zero-order valence-electron chi connectivity index (χ0n) is 23.7. The molecule has 210 valence electrons. The van der Waals surface area contributed by atoms with Gasteiger partial charge in [-0.05, 0) is 44.4 Å². The Morgan fingerprint density at radius 3 is 2.16 bits per heavy atom. The summed E-state index contributed by atoms with van der Waals surface area (Å²) in [5.41, 5.74) is -3.69. The number of rotatable bonds is 3. The minimum Gasteiger partial charge on any atom is -0.462 e. The predicted octanol–water partition coefficient (Wildman–Crippen LogP) is 3.66. The van der Waals surface area contributed by atoms with Crippen LogP contribution in [0, 0.1) is 28.1 Å². The maximum Gasteiger partial charge on any atom is 0.303 e. The molecule has 0 unspecified atom stereocenters. The summed E-state index contributed by atoms with van der Waals surface area (Å²) in [5, 5.41) is 0. The van der Waals surface area contributed by atoms with Crippen molar-refractivity contribution >= 4 is 23.7 Å². The number of carbonyl (C=O) groups is 4. The number of ether oxygens (including phenoxy) is 5. The van der Waals surface area contributed by atoms with Gasteiger partial charge in [-0.1, -0.05) is 27.4 Å². The second kappa shape index (κ2) is 8.13. The lowest BCUT2D eigenvalue weighted by Gasteiger charge is -2.70. The van der Waals surface area contributed by atoms with E-state index in [0.29, 0.717) is 12.8 Å². The van der Waals surface area contributed by atoms with E-state index in [2.05, 4.69) is 27.4 Å². The summed E-state index contributed by atoms with van der Waals surface area (Å²) in [4.78, 5) is 51.9. The minimum atomic E-state index is -1.51. The number of hydrogen-bond donors (Lipinski definition) is 0. The van der Waals surface area contributed by atoms with Gasteiger partial charge in [0, 0.05) is 44.1 Å². The highest BCUT2D eigenvalue weighted by Gasteiger charge is 2.85. The first-order chi connectivity index (χ1) is 17.4. The fourth-order valence-electron chi connectivity index (χ4n) is 9.37. The molecule has 0 radical (unpaired) electrons. The van der Waals surface area contributed by atoms with E-state index in [9.17, 15) is 19.2 Å². The quantitative estimate of drug-likeness (QED) is 0.305. The van der Waals surface area contributed by atoms with Crippen LogP contribution in [0.5, 0.6) is 0 Å². The van der Waals surface area contributed by atoms with Crippen molar-refractivity contribution in [2.75, 3.05) is 0 Å². The summed E-state index contributed by atoms with van der Waals surface area (Å²) in [6, 6.07) is 0. The van der Waals surface area contributed by atoms with Crippen LogP contribution in [-0.2, 0) is 42.9 Å². The van der Waals surface area contributed by atoms with E-state index in [4.69, 9.17) is 23.7 Å². The molecule has 0 aromatic rings. The van der Waals surface area contributed by atoms with Gasteiger partial charge >= 0.3 is 17.9 Å². The molecule has 9 atom stereocenters. The molecule has 5 fully saturated rings. The third-order valence-corrected chi connectivity index (χ3v) is 10.3. The summed E-state index contributed by atoms with van der Waals surface area (Å²) in [5.74, 6) is -3.55. The zero-order chi connectivity index (χ0) is 28.2. The number of Topliss-reactive ketones (excluding diaryl/α,β-unsaturated/α-hetero) is 1. The normalized spacial score (nSPS) is 45.9. The molecule has 1 aliphatic heterocycles. The summed E-state index contributed by atoms with van der Waals surface area (Å²) in [6.45, 7) is 18.2. The lowest BCUT2D eigenvalue weighted by molar-refractivity contribution is -0.406. The Kier molecular flexibility index (Phi) is 5.84. The SMILES string of the molecule is C=C1C(=O)[C@@]23[C@@H]4[C@H](OC(C)=O)C[C@]1(OC(C)=O)[C@H]2OC(C)(C)O[C@@H]3C[C@H]1C(C)(C)CC[C@@H](OC(C)=O)[C@@]41C. The number of ketones is 1. The van der Waals surface area contributed by atoms with Crippen LogP contribution in [0.15, 0.2) is 12.2 Å². The fraction of sp³-hybridized carbons (Fsp3) is 0.793. The molecule has 9 heteroatoms. The number of fused-ring (bicyclic) bond motifs is 2. The largest absolute Gasteiger partial charge is 0.462 e. The molecule has 0 aromatic carbocycles. The Balaban J connectivity index is 1.82. The van der Waals surface area contributed by atoms with Crippen LogP contribution in [0.3, 0.4) is 0 Å². The maximum atomic E-state index is 14.6. The highest BCUT2D eigenvalue weighted by atomic mass is 16.7. The lowest BCUT2D eigenvalue weighted by atomic mass is 9.38. The van der Waals surface area contributed by atoms with Crippen molar-refractivity contribution in [1.29, 1.82) is 0 Å². The van der Waals surface area contributed by atoms with Crippen molar-refractivity contribution < 1.29 is 42.9 Å². The fourth-order valence-corrected chi connectivity index (χ4v) is 9.37. The average molecular weight is 533 g/mol. The molecule has 0 amide bonds. The van der Waals surface area contributed by atoms with Gasteiger partial charge < -0.3 is 23.7 Å². The standard InChI is InChI=1S/C29H40O9/c1-14-23(33)29-21-12-19-25(5,6)11-10-20(35-16(3)31)27(19,9)22(29)18(34-15(2)30)13-28(14,36-17(4)32)24(29)38-26(7,8)37-21/h18-22,24H,1,10-13H2,2-9H3/t18-,19+,20-,21-,22-,24-,27+,28-,29-/m1/s1. The minimum absolute atomic E-state index is 0.0200. The van der Waals surface area contributed by atoms with E-state index >= 15 is 0 Å². The second-order valence-electron chi connectivity index (χ2n) is 13.3. The van der Waals surface area contributed by atoms with E-state index in [-0.39, 0.29) is 29.1 Å². The second-order valence-corrected chi connectivity index (χ2v) is 13.3. The molecule has 38 heavy (non-hydrogen) atoms. The summed E-state index contributed by atoms with van der Waals surface area (Å²) in [6.07, 6.45) is -0.921. The third-order valence-electron chi connectivity index (χ3n) is 10.3. The molecule has 4 saturated carbocycles. The van der Waals surface area contributed by atoms with Crippen molar-refractivity contribution in [1.82, 2.24) is 0 Å². The summed E-state index contributed by atoms with van der Waals surface area (Å²) in [7, 11) is 0. The summed E-state index contributed by atoms with van der Waals surface area (Å²) < 4.78 is 31.1. The van der Waals surface area contributed by atoms with Crippen molar-refractivity contribution in [3.63, 3.8) is 0 Å². The van der Waals surface area contributed by atoms with Crippen molar-refractivity contribution in [3.05, 3.63) is 12.2 Å². The van der Waals surface area contributed by atoms with Crippen LogP contribution in [0.25, 0.3) is 0 Å². The van der Waals surface area contributed by atoms with Gasteiger partial charge in [0.25, 0.3) is 0 Å². The van der Waals surface area contributed by atoms with Gasteiger partial charge in [-0.15, -0.1) is 0 Å². The van der Waals surface area contributed by atoms with Gasteiger partial charge in [-0.2, -0.15) is 0 Å². The van der Waals surface area contributed by atoms with Gasteiger partial charge in [0.15, 0.2) is 17.2 Å². The Labute approximate surface area is 223 Å². The van der Waals surface area contributed by atoms with E-state index in [1.54, 1.807) is 13.8 Å². The molecule has 4 aliphatic carbocycles. The van der Waals surface area contributed by atoms with Gasteiger partial charge in [-0.3, -0.25) is 19.2 Å². The molecular weight excluding hydrogens is 492 g/mol. The Morgan fingerprint density at radius 1 is 0.947 bits per heavy atom. The summed E-state index contributed by atoms with van der Waals surface area (Å²) >= 11 is 0. The third kappa shape index (κ3) is 3.36.